The fraction of sp³-hybridized carbons (Fsp3) is 0.538. The van der Waals surface area contributed by atoms with Gasteiger partial charge in [0.15, 0.2) is 0 Å². The molecule has 98 valence electrons. The molecule has 5 heteroatoms. The molecule has 0 aromatic carbocycles. The average molecular weight is 247 g/mol. The Morgan fingerprint density at radius 1 is 1.39 bits per heavy atom. The monoisotopic (exact) mass is 247 g/mol. The predicted octanol–water partition coefficient (Wildman–Crippen LogP) is 2.16. The summed E-state index contributed by atoms with van der Waals surface area (Å²) in [6.07, 6.45) is 5.85. The number of anilines is 1. The van der Waals surface area contributed by atoms with Crippen molar-refractivity contribution < 1.29 is 0 Å². The first kappa shape index (κ1) is 12.7. The van der Waals surface area contributed by atoms with E-state index in [-0.39, 0.29) is 0 Å². The number of hydrogen-bond donors (Lipinski definition) is 1. The van der Waals surface area contributed by atoms with Crippen molar-refractivity contribution in [1.82, 2.24) is 19.3 Å². The highest BCUT2D eigenvalue weighted by molar-refractivity contribution is 5.28. The molecule has 1 N–H and O–H groups in total. The van der Waals surface area contributed by atoms with Crippen molar-refractivity contribution in [3.8, 4) is 0 Å². The van der Waals surface area contributed by atoms with Gasteiger partial charge in [-0.15, -0.1) is 0 Å². The molecule has 0 saturated heterocycles. The summed E-state index contributed by atoms with van der Waals surface area (Å²) in [5, 5.41) is 7.54. The largest absolute Gasteiger partial charge is 0.354 e. The van der Waals surface area contributed by atoms with Gasteiger partial charge >= 0.3 is 0 Å². The number of nitrogens with one attached hydrogen (secondary N) is 1. The summed E-state index contributed by atoms with van der Waals surface area (Å²) >= 11 is 0. The van der Waals surface area contributed by atoms with Crippen molar-refractivity contribution in [3.63, 3.8) is 0 Å². The van der Waals surface area contributed by atoms with E-state index in [0.29, 0.717) is 5.92 Å². The lowest BCUT2D eigenvalue weighted by Gasteiger charge is -2.11. The summed E-state index contributed by atoms with van der Waals surface area (Å²) in [5.74, 6) is 1.57. The lowest BCUT2D eigenvalue weighted by Crippen LogP contribution is -2.15. The topological polar surface area (TPSA) is 47.7 Å². The van der Waals surface area contributed by atoms with Crippen LogP contribution in [0.1, 0.15) is 19.5 Å². The second-order valence-electron chi connectivity index (χ2n) is 4.95. The molecule has 0 radical (unpaired) electrons. The SMILES string of the molecule is Cc1cn(CC(C)C)c(NCCn2cccn2)n1. The van der Waals surface area contributed by atoms with Crippen LogP contribution in [0.5, 0.6) is 0 Å². The Kier molecular flexibility index (Phi) is 4.02. The number of hydrogen-bond acceptors (Lipinski definition) is 3. The number of imidazole rings is 1. The van der Waals surface area contributed by atoms with E-state index >= 15 is 0 Å². The van der Waals surface area contributed by atoms with Gasteiger partial charge in [-0.1, -0.05) is 13.8 Å². The van der Waals surface area contributed by atoms with Gasteiger partial charge < -0.3 is 9.88 Å². The molecule has 18 heavy (non-hydrogen) atoms. The number of aryl methyl sites for hydroxylation is 1. The first-order valence-electron chi connectivity index (χ1n) is 6.40. The fourth-order valence-corrected chi connectivity index (χ4v) is 1.94. The summed E-state index contributed by atoms with van der Waals surface area (Å²) in [6.45, 7) is 9.11. The molecule has 0 unspecified atom stereocenters. The van der Waals surface area contributed by atoms with Crippen LogP contribution in [-0.4, -0.2) is 25.9 Å². The number of rotatable bonds is 6. The van der Waals surface area contributed by atoms with Crippen LogP contribution >= 0.6 is 0 Å². The van der Waals surface area contributed by atoms with Gasteiger partial charge in [0.2, 0.25) is 5.95 Å². The lowest BCUT2D eigenvalue weighted by molar-refractivity contribution is 0.524. The van der Waals surface area contributed by atoms with Crippen LogP contribution in [0.15, 0.2) is 24.7 Å². The van der Waals surface area contributed by atoms with E-state index < -0.39 is 0 Å². The van der Waals surface area contributed by atoms with Crippen LogP contribution in [0.2, 0.25) is 0 Å². The second-order valence-corrected chi connectivity index (χ2v) is 4.95. The molecule has 0 fully saturated rings. The van der Waals surface area contributed by atoms with Crippen LogP contribution < -0.4 is 5.32 Å². The molecular weight excluding hydrogens is 226 g/mol. The van der Waals surface area contributed by atoms with Crippen LogP contribution in [0, 0.1) is 12.8 Å². The molecule has 0 aliphatic heterocycles. The van der Waals surface area contributed by atoms with Gasteiger partial charge in [-0.25, -0.2) is 4.98 Å². The summed E-state index contributed by atoms with van der Waals surface area (Å²) in [7, 11) is 0. The van der Waals surface area contributed by atoms with E-state index in [2.05, 4.69) is 40.0 Å². The third kappa shape index (κ3) is 3.35. The molecule has 0 spiro atoms. The number of nitrogens with zero attached hydrogens (tertiary/aromatic N) is 4. The number of aromatic nitrogens is 4. The van der Waals surface area contributed by atoms with Crippen molar-refractivity contribution in [2.45, 2.75) is 33.9 Å². The minimum Gasteiger partial charge on any atom is -0.354 e. The molecule has 0 saturated carbocycles. The minimum atomic E-state index is 0.616. The molecular formula is C13H21N5. The predicted molar refractivity (Wildman–Crippen MR) is 72.5 cm³/mol. The lowest BCUT2D eigenvalue weighted by atomic mass is 10.2. The van der Waals surface area contributed by atoms with E-state index in [4.69, 9.17) is 0 Å². The molecule has 0 aliphatic carbocycles. The molecule has 0 atom stereocenters. The van der Waals surface area contributed by atoms with Crippen molar-refractivity contribution in [2.24, 2.45) is 5.92 Å². The van der Waals surface area contributed by atoms with Crippen LogP contribution in [0.4, 0.5) is 5.95 Å². The van der Waals surface area contributed by atoms with E-state index in [9.17, 15) is 0 Å². The zero-order chi connectivity index (χ0) is 13.0. The Morgan fingerprint density at radius 3 is 2.89 bits per heavy atom. The van der Waals surface area contributed by atoms with Crippen molar-refractivity contribution in [3.05, 3.63) is 30.4 Å². The maximum atomic E-state index is 4.50. The average Bonchev–Trinajstić information content (AvgIpc) is 2.89. The van der Waals surface area contributed by atoms with Crippen molar-refractivity contribution in [2.75, 3.05) is 11.9 Å². The second kappa shape index (κ2) is 5.71. The first-order valence-corrected chi connectivity index (χ1v) is 6.40. The molecule has 0 amide bonds. The molecule has 0 bridgehead atoms. The highest BCUT2D eigenvalue weighted by Gasteiger charge is 2.06. The molecule has 2 rings (SSSR count). The normalized spacial score (nSPS) is 11.1. The quantitative estimate of drug-likeness (QED) is 0.851. The summed E-state index contributed by atoms with van der Waals surface area (Å²) < 4.78 is 4.10. The highest BCUT2D eigenvalue weighted by Crippen LogP contribution is 2.11. The van der Waals surface area contributed by atoms with E-state index in [0.717, 1.165) is 31.3 Å². The smallest absolute Gasteiger partial charge is 0.203 e. The van der Waals surface area contributed by atoms with Crippen LogP contribution in [0.3, 0.4) is 0 Å². The van der Waals surface area contributed by atoms with Gasteiger partial charge in [0.05, 0.1) is 12.2 Å². The van der Waals surface area contributed by atoms with Gasteiger partial charge in [0.25, 0.3) is 0 Å². The van der Waals surface area contributed by atoms with Crippen molar-refractivity contribution >= 4 is 5.95 Å². The van der Waals surface area contributed by atoms with E-state index in [1.54, 1.807) is 6.20 Å². The Balaban J connectivity index is 1.91. The summed E-state index contributed by atoms with van der Waals surface area (Å²) in [4.78, 5) is 4.50. The van der Waals surface area contributed by atoms with Gasteiger partial charge in [0.1, 0.15) is 0 Å². The first-order chi connectivity index (χ1) is 8.65. The zero-order valence-corrected chi connectivity index (χ0v) is 11.3. The molecule has 2 aromatic heterocycles. The Hall–Kier alpha value is -1.78. The zero-order valence-electron chi connectivity index (χ0n) is 11.3. The van der Waals surface area contributed by atoms with E-state index in [1.165, 1.54) is 0 Å². The van der Waals surface area contributed by atoms with Gasteiger partial charge in [-0.05, 0) is 18.9 Å². The third-order valence-electron chi connectivity index (χ3n) is 2.64. The Morgan fingerprint density at radius 2 is 2.22 bits per heavy atom. The molecule has 2 heterocycles. The minimum absolute atomic E-state index is 0.616. The maximum absolute atomic E-state index is 4.50. The molecule has 0 aliphatic rings. The molecule has 5 nitrogen and oxygen atoms in total. The molecule has 2 aromatic rings. The maximum Gasteiger partial charge on any atom is 0.203 e. The van der Waals surface area contributed by atoms with Crippen LogP contribution in [0.25, 0.3) is 0 Å². The summed E-state index contributed by atoms with van der Waals surface area (Å²) in [6, 6.07) is 1.93. The van der Waals surface area contributed by atoms with Gasteiger partial charge in [-0.2, -0.15) is 5.10 Å². The van der Waals surface area contributed by atoms with Crippen molar-refractivity contribution in [1.29, 1.82) is 0 Å². The third-order valence-corrected chi connectivity index (χ3v) is 2.64. The van der Waals surface area contributed by atoms with Crippen LogP contribution in [-0.2, 0) is 13.1 Å². The standard InChI is InChI=1S/C13H21N5/c1-11(2)9-17-10-12(3)16-13(17)14-6-8-18-7-4-5-15-18/h4-5,7,10-11H,6,8-9H2,1-3H3,(H,14,16). The fourth-order valence-electron chi connectivity index (χ4n) is 1.94. The van der Waals surface area contributed by atoms with Gasteiger partial charge in [0, 0.05) is 31.7 Å². The summed E-state index contributed by atoms with van der Waals surface area (Å²) in [5.41, 5.74) is 1.05. The Labute approximate surface area is 108 Å². The Bertz CT molecular complexity index is 470. The van der Waals surface area contributed by atoms with E-state index in [1.807, 2.05) is 23.9 Å². The highest BCUT2D eigenvalue weighted by atomic mass is 15.3. The van der Waals surface area contributed by atoms with Gasteiger partial charge in [-0.3, -0.25) is 4.68 Å².